The molecule has 6 heteroatoms. The Balaban J connectivity index is 0.00000243. The van der Waals surface area contributed by atoms with Gasteiger partial charge in [0.25, 0.3) is 5.91 Å². The third-order valence-electron chi connectivity index (χ3n) is 5.53. The van der Waals surface area contributed by atoms with Crippen LogP contribution in [0.4, 0.5) is 0 Å². The smallest absolute Gasteiger partial charge is 0.253 e. The quantitative estimate of drug-likeness (QED) is 0.847. The van der Waals surface area contributed by atoms with Crippen LogP contribution in [-0.4, -0.2) is 35.8 Å². The van der Waals surface area contributed by atoms with Crippen LogP contribution in [-0.2, 0) is 11.3 Å². The van der Waals surface area contributed by atoms with Crippen LogP contribution < -0.4 is 11.1 Å². The van der Waals surface area contributed by atoms with E-state index in [1.165, 1.54) is 0 Å². The van der Waals surface area contributed by atoms with Gasteiger partial charge in [-0.2, -0.15) is 0 Å². The number of rotatable bonds is 3. The van der Waals surface area contributed by atoms with Gasteiger partial charge >= 0.3 is 0 Å². The molecular formula is C20H30ClN3O2. The van der Waals surface area contributed by atoms with E-state index in [0.29, 0.717) is 23.9 Å². The number of hydrogen-bond donors (Lipinski definition) is 2. The fourth-order valence-electron chi connectivity index (χ4n) is 3.87. The number of fused-ring (bicyclic) bond motifs is 1. The Hall–Kier alpha value is -1.59. The SMILES string of the molecule is CC(C)(C)C(=O)NCc1ccc(C(=O)N2CC3CCC(N)C3C2)cc1.Cl. The van der Waals surface area contributed by atoms with E-state index in [0.717, 1.165) is 31.5 Å². The molecule has 2 fully saturated rings. The topological polar surface area (TPSA) is 75.4 Å². The molecule has 5 nitrogen and oxygen atoms in total. The first-order valence-corrected chi connectivity index (χ1v) is 9.18. The molecule has 26 heavy (non-hydrogen) atoms. The van der Waals surface area contributed by atoms with Crippen molar-refractivity contribution in [2.75, 3.05) is 13.1 Å². The van der Waals surface area contributed by atoms with Crippen LogP contribution in [0.5, 0.6) is 0 Å². The van der Waals surface area contributed by atoms with Crippen molar-refractivity contribution >= 4 is 24.2 Å². The molecule has 3 N–H and O–H groups in total. The predicted octanol–water partition coefficient (Wildman–Crippen LogP) is 2.58. The number of carbonyl (C=O) groups excluding carboxylic acids is 2. The van der Waals surface area contributed by atoms with E-state index in [-0.39, 0.29) is 30.3 Å². The third-order valence-corrected chi connectivity index (χ3v) is 5.53. The summed E-state index contributed by atoms with van der Waals surface area (Å²) in [6, 6.07) is 7.79. The van der Waals surface area contributed by atoms with Gasteiger partial charge in [-0.3, -0.25) is 9.59 Å². The third kappa shape index (κ3) is 4.38. The van der Waals surface area contributed by atoms with Crippen LogP contribution in [0.1, 0.15) is 49.5 Å². The molecule has 1 heterocycles. The molecule has 1 aliphatic carbocycles. The van der Waals surface area contributed by atoms with Crippen LogP contribution in [0.15, 0.2) is 24.3 Å². The van der Waals surface area contributed by atoms with Crippen LogP contribution >= 0.6 is 12.4 Å². The Morgan fingerprint density at radius 2 is 1.81 bits per heavy atom. The zero-order valence-electron chi connectivity index (χ0n) is 15.8. The zero-order valence-corrected chi connectivity index (χ0v) is 16.6. The van der Waals surface area contributed by atoms with Gasteiger partial charge in [0.1, 0.15) is 0 Å². The fraction of sp³-hybridized carbons (Fsp3) is 0.600. The largest absolute Gasteiger partial charge is 0.352 e. The molecule has 0 spiro atoms. The van der Waals surface area contributed by atoms with Gasteiger partial charge in [-0.1, -0.05) is 32.9 Å². The van der Waals surface area contributed by atoms with E-state index < -0.39 is 5.41 Å². The van der Waals surface area contributed by atoms with Crippen LogP contribution in [0.3, 0.4) is 0 Å². The second kappa shape index (κ2) is 7.97. The summed E-state index contributed by atoms with van der Waals surface area (Å²) in [6.07, 6.45) is 2.23. The summed E-state index contributed by atoms with van der Waals surface area (Å²) < 4.78 is 0. The number of halogens is 1. The highest BCUT2D eigenvalue weighted by Crippen LogP contribution is 2.37. The highest BCUT2D eigenvalue weighted by atomic mass is 35.5. The zero-order chi connectivity index (χ0) is 18.2. The van der Waals surface area contributed by atoms with Gasteiger partial charge in [0.2, 0.25) is 5.91 Å². The maximum Gasteiger partial charge on any atom is 0.253 e. The van der Waals surface area contributed by atoms with E-state index in [2.05, 4.69) is 5.32 Å². The number of nitrogens with one attached hydrogen (secondary N) is 1. The lowest BCUT2D eigenvalue weighted by Crippen LogP contribution is -2.34. The van der Waals surface area contributed by atoms with Crippen molar-refractivity contribution < 1.29 is 9.59 Å². The Kier molecular flexibility index (Phi) is 6.35. The molecule has 0 bridgehead atoms. The second-order valence-corrected chi connectivity index (χ2v) is 8.50. The van der Waals surface area contributed by atoms with Crippen molar-refractivity contribution in [3.8, 4) is 0 Å². The first kappa shape index (κ1) is 20.7. The predicted molar refractivity (Wildman–Crippen MR) is 105 cm³/mol. The Morgan fingerprint density at radius 1 is 1.15 bits per heavy atom. The molecule has 144 valence electrons. The summed E-state index contributed by atoms with van der Waals surface area (Å²) in [4.78, 5) is 26.6. The lowest BCUT2D eigenvalue weighted by Gasteiger charge is -2.19. The standard InChI is InChI=1S/C20H29N3O2.ClH/c1-20(2,3)19(25)22-10-13-4-6-14(7-5-13)18(24)23-11-15-8-9-17(21)16(15)12-23;/h4-7,15-17H,8-12,21H2,1-3H3,(H,22,25);1H. The molecule has 0 aromatic heterocycles. The van der Waals surface area contributed by atoms with Gasteiger partial charge in [-0.25, -0.2) is 0 Å². The maximum atomic E-state index is 12.7. The normalized spacial score (nSPS) is 24.8. The fourth-order valence-corrected chi connectivity index (χ4v) is 3.87. The number of carbonyl (C=O) groups is 2. The van der Waals surface area contributed by atoms with Crippen LogP contribution in [0.2, 0.25) is 0 Å². The lowest BCUT2D eigenvalue weighted by molar-refractivity contribution is -0.128. The minimum Gasteiger partial charge on any atom is -0.352 e. The molecule has 1 aromatic rings. The van der Waals surface area contributed by atoms with Gasteiger partial charge in [0.15, 0.2) is 0 Å². The molecule has 1 aliphatic heterocycles. The molecule has 3 unspecified atom stereocenters. The summed E-state index contributed by atoms with van der Waals surface area (Å²) in [5.41, 5.74) is 7.46. The van der Waals surface area contributed by atoms with Crippen molar-refractivity contribution in [1.82, 2.24) is 10.2 Å². The van der Waals surface area contributed by atoms with E-state index in [9.17, 15) is 9.59 Å². The minimum atomic E-state index is -0.398. The molecular weight excluding hydrogens is 350 g/mol. The lowest BCUT2D eigenvalue weighted by atomic mass is 9.95. The monoisotopic (exact) mass is 379 g/mol. The molecule has 2 aliphatic rings. The van der Waals surface area contributed by atoms with Crippen LogP contribution in [0.25, 0.3) is 0 Å². The molecule has 0 radical (unpaired) electrons. The van der Waals surface area contributed by atoms with E-state index in [1.807, 2.05) is 49.9 Å². The van der Waals surface area contributed by atoms with Gasteiger partial charge < -0.3 is 16.0 Å². The summed E-state index contributed by atoms with van der Waals surface area (Å²) in [7, 11) is 0. The average Bonchev–Trinajstić information content (AvgIpc) is 3.14. The highest BCUT2D eigenvalue weighted by Gasteiger charge is 2.42. The molecule has 2 amide bonds. The number of nitrogens with zero attached hydrogens (tertiary/aromatic N) is 1. The molecule has 1 aromatic carbocycles. The van der Waals surface area contributed by atoms with Crippen molar-refractivity contribution in [2.24, 2.45) is 23.0 Å². The van der Waals surface area contributed by atoms with Gasteiger partial charge in [0.05, 0.1) is 0 Å². The first-order valence-electron chi connectivity index (χ1n) is 9.18. The Morgan fingerprint density at radius 3 is 2.38 bits per heavy atom. The Labute approximate surface area is 162 Å². The number of nitrogens with two attached hydrogens (primary N) is 1. The van der Waals surface area contributed by atoms with Gasteiger partial charge in [0, 0.05) is 36.7 Å². The van der Waals surface area contributed by atoms with E-state index in [4.69, 9.17) is 5.73 Å². The summed E-state index contributed by atoms with van der Waals surface area (Å²) in [6.45, 7) is 7.77. The minimum absolute atomic E-state index is 0. The average molecular weight is 380 g/mol. The molecule has 3 rings (SSSR count). The van der Waals surface area contributed by atoms with E-state index >= 15 is 0 Å². The maximum absolute atomic E-state index is 12.7. The van der Waals surface area contributed by atoms with E-state index in [1.54, 1.807) is 0 Å². The van der Waals surface area contributed by atoms with Crippen molar-refractivity contribution in [3.05, 3.63) is 35.4 Å². The Bertz CT molecular complexity index is 654. The van der Waals surface area contributed by atoms with Crippen molar-refractivity contribution in [3.63, 3.8) is 0 Å². The van der Waals surface area contributed by atoms with Gasteiger partial charge in [-0.15, -0.1) is 12.4 Å². The van der Waals surface area contributed by atoms with Crippen molar-refractivity contribution in [2.45, 2.75) is 46.2 Å². The number of hydrogen-bond acceptors (Lipinski definition) is 3. The molecule has 3 atom stereocenters. The number of amides is 2. The first-order chi connectivity index (χ1) is 11.8. The highest BCUT2D eigenvalue weighted by molar-refractivity contribution is 5.94. The van der Waals surface area contributed by atoms with Crippen molar-refractivity contribution in [1.29, 1.82) is 0 Å². The molecule has 1 saturated carbocycles. The summed E-state index contributed by atoms with van der Waals surface area (Å²) in [5, 5.41) is 2.93. The number of likely N-dealkylation sites (tertiary alicyclic amines) is 1. The molecule has 1 saturated heterocycles. The van der Waals surface area contributed by atoms with Gasteiger partial charge in [-0.05, 0) is 42.4 Å². The summed E-state index contributed by atoms with van der Waals surface area (Å²) >= 11 is 0. The summed E-state index contributed by atoms with van der Waals surface area (Å²) in [5.74, 6) is 1.15. The van der Waals surface area contributed by atoms with Crippen LogP contribution in [0, 0.1) is 17.3 Å². The number of benzene rings is 1. The second-order valence-electron chi connectivity index (χ2n) is 8.50.